The molecule has 0 heterocycles. The van der Waals surface area contributed by atoms with Crippen LogP contribution in [0.25, 0.3) is 0 Å². The molecule has 3 nitrogen and oxygen atoms in total. The molecule has 12 heavy (non-hydrogen) atoms. The van der Waals surface area contributed by atoms with Crippen LogP contribution in [-0.2, 0) is 9.09 Å². The van der Waals surface area contributed by atoms with E-state index >= 15 is 0 Å². The van der Waals surface area contributed by atoms with Crippen molar-refractivity contribution in [3.8, 4) is 0 Å². The number of unbranched alkanes of at least 4 members (excludes halogenated alkanes) is 3. The van der Waals surface area contributed by atoms with E-state index in [2.05, 4.69) is 4.52 Å². The van der Waals surface area contributed by atoms with Gasteiger partial charge in [0, 0.05) is 0 Å². The summed E-state index contributed by atoms with van der Waals surface area (Å²) in [6, 6.07) is 0. The fraction of sp³-hybridized carbons (Fsp3) is 1.00. The van der Waals surface area contributed by atoms with Crippen molar-refractivity contribution in [1.82, 2.24) is 0 Å². The maximum atomic E-state index is 11.7. The van der Waals surface area contributed by atoms with E-state index < -0.39 is 7.91 Å². The van der Waals surface area contributed by atoms with Crippen LogP contribution in [0.3, 0.4) is 0 Å². The Balaban J connectivity index is 0. The normalized spacial score (nSPS) is 14.9. The summed E-state index contributed by atoms with van der Waals surface area (Å²) in [6.45, 7) is 2.01. The number of rotatable bonds is 6. The van der Waals surface area contributed by atoms with Crippen LogP contribution >= 0.6 is 7.91 Å². The van der Waals surface area contributed by atoms with Crippen molar-refractivity contribution in [2.45, 2.75) is 32.6 Å². The predicted octanol–water partition coefficient (Wildman–Crippen LogP) is -0.975. The molecular formula is C6H13FLiO3P. The van der Waals surface area contributed by atoms with Gasteiger partial charge in [0.25, 0.3) is 0 Å². The summed E-state index contributed by atoms with van der Waals surface area (Å²) < 4.78 is 25.4. The van der Waals surface area contributed by atoms with Crippen molar-refractivity contribution in [3.63, 3.8) is 0 Å². The largest absolute Gasteiger partial charge is 1.00 e. The molecule has 0 saturated heterocycles. The van der Waals surface area contributed by atoms with Crippen molar-refractivity contribution in [2.24, 2.45) is 0 Å². The van der Waals surface area contributed by atoms with Gasteiger partial charge in [-0.15, -0.1) is 0 Å². The minimum atomic E-state index is -4.96. The van der Waals surface area contributed by atoms with Gasteiger partial charge in [0.1, 0.15) is 0 Å². The van der Waals surface area contributed by atoms with Crippen molar-refractivity contribution in [2.75, 3.05) is 6.61 Å². The first-order chi connectivity index (χ1) is 5.06. The molecule has 1 unspecified atom stereocenters. The number of hydrogen-bond donors (Lipinski definition) is 0. The summed E-state index contributed by atoms with van der Waals surface area (Å²) >= 11 is 0. The van der Waals surface area contributed by atoms with E-state index in [-0.39, 0.29) is 25.5 Å². The van der Waals surface area contributed by atoms with E-state index in [1.807, 2.05) is 6.92 Å². The van der Waals surface area contributed by atoms with E-state index in [1.165, 1.54) is 0 Å². The van der Waals surface area contributed by atoms with Gasteiger partial charge in [-0.3, -0.25) is 4.57 Å². The van der Waals surface area contributed by atoms with Crippen LogP contribution in [0.4, 0.5) is 4.20 Å². The molecule has 0 fully saturated rings. The van der Waals surface area contributed by atoms with E-state index in [0.29, 0.717) is 6.42 Å². The molecule has 0 saturated carbocycles. The van der Waals surface area contributed by atoms with E-state index in [9.17, 15) is 13.7 Å². The zero-order valence-electron chi connectivity index (χ0n) is 7.59. The summed E-state index contributed by atoms with van der Waals surface area (Å²) in [4.78, 5) is 9.80. The summed E-state index contributed by atoms with van der Waals surface area (Å²) in [5, 5.41) is 0. The number of halogens is 1. The van der Waals surface area contributed by atoms with Crippen LogP contribution in [0.15, 0.2) is 0 Å². The number of hydrogen-bond acceptors (Lipinski definition) is 3. The average molecular weight is 190 g/mol. The fourth-order valence-electron chi connectivity index (χ4n) is 0.702. The van der Waals surface area contributed by atoms with Gasteiger partial charge in [-0.2, -0.15) is 4.20 Å². The second kappa shape index (κ2) is 8.28. The molecule has 0 aliphatic rings. The minimum absolute atomic E-state index is 0. The van der Waals surface area contributed by atoms with Crippen LogP contribution in [0, 0.1) is 0 Å². The zero-order chi connectivity index (χ0) is 8.74. The van der Waals surface area contributed by atoms with Crippen LogP contribution in [-0.4, -0.2) is 6.61 Å². The van der Waals surface area contributed by atoms with Gasteiger partial charge in [0.2, 0.25) is 0 Å². The molecule has 0 aromatic heterocycles. The molecule has 0 aliphatic heterocycles. The van der Waals surface area contributed by atoms with Gasteiger partial charge in [-0.25, -0.2) is 0 Å². The molecular weight excluding hydrogens is 177 g/mol. The van der Waals surface area contributed by atoms with Gasteiger partial charge >= 0.3 is 26.8 Å². The molecule has 6 heteroatoms. The monoisotopic (exact) mass is 190 g/mol. The molecule has 1 atom stereocenters. The Morgan fingerprint density at radius 3 is 2.42 bits per heavy atom. The van der Waals surface area contributed by atoms with Gasteiger partial charge in [0.15, 0.2) is 0 Å². The van der Waals surface area contributed by atoms with Crippen LogP contribution in [0.1, 0.15) is 32.6 Å². The quantitative estimate of drug-likeness (QED) is 0.307. The molecule has 0 rings (SSSR count). The predicted molar refractivity (Wildman–Crippen MR) is 38.8 cm³/mol. The van der Waals surface area contributed by atoms with Gasteiger partial charge in [0.05, 0.1) is 6.61 Å². The van der Waals surface area contributed by atoms with Crippen molar-refractivity contribution in [3.05, 3.63) is 0 Å². The average Bonchev–Trinajstić information content (AvgIpc) is 1.85. The Bertz CT molecular complexity index is 139. The standard InChI is InChI=1S/C6H14FO3P.Li/c1-2-3-4-5-6-10-11(7,8)9;/h2-6H2,1H3,(H,8,9);/q;+1/p-1. The summed E-state index contributed by atoms with van der Waals surface area (Å²) in [6.07, 6.45) is 3.57. The molecule has 0 bridgehead atoms. The Morgan fingerprint density at radius 1 is 1.42 bits per heavy atom. The molecule has 0 N–H and O–H groups in total. The van der Waals surface area contributed by atoms with Gasteiger partial charge < -0.3 is 9.42 Å². The first-order valence-corrected chi connectivity index (χ1v) is 5.15. The third kappa shape index (κ3) is 13.3. The van der Waals surface area contributed by atoms with Crippen LogP contribution < -0.4 is 23.8 Å². The Morgan fingerprint density at radius 2 is 2.00 bits per heavy atom. The summed E-state index contributed by atoms with van der Waals surface area (Å²) in [5.41, 5.74) is 0. The summed E-state index contributed by atoms with van der Waals surface area (Å²) in [5.74, 6) is 0. The zero-order valence-corrected chi connectivity index (χ0v) is 8.48. The molecule has 0 aromatic rings. The molecule has 0 spiro atoms. The Kier molecular flexibility index (Phi) is 10.5. The van der Waals surface area contributed by atoms with Crippen molar-refractivity contribution < 1.29 is 37.0 Å². The van der Waals surface area contributed by atoms with E-state index in [1.54, 1.807) is 0 Å². The van der Waals surface area contributed by atoms with Crippen LogP contribution in [0.5, 0.6) is 0 Å². The second-order valence-electron chi connectivity index (χ2n) is 2.32. The minimum Gasteiger partial charge on any atom is -0.753 e. The third-order valence-electron chi connectivity index (χ3n) is 1.24. The van der Waals surface area contributed by atoms with Crippen molar-refractivity contribution in [1.29, 1.82) is 0 Å². The molecule has 68 valence electrons. The summed E-state index contributed by atoms with van der Waals surface area (Å²) in [7, 11) is -4.96. The first-order valence-electron chi connectivity index (χ1n) is 3.71. The molecule has 0 aromatic carbocycles. The maximum absolute atomic E-state index is 11.7. The SMILES string of the molecule is CCCCCCOP(=O)([O-])F.[Li+]. The van der Waals surface area contributed by atoms with Crippen molar-refractivity contribution >= 4 is 7.91 Å². The van der Waals surface area contributed by atoms with Gasteiger partial charge in [-0.05, 0) is 6.42 Å². The fourth-order valence-corrected chi connectivity index (χ4v) is 1.05. The smallest absolute Gasteiger partial charge is 0.753 e. The Hall–Kier alpha value is 0.677. The molecule has 0 radical (unpaired) electrons. The third-order valence-corrected chi connectivity index (χ3v) is 1.73. The van der Waals surface area contributed by atoms with Crippen LogP contribution in [0.2, 0.25) is 0 Å². The topological polar surface area (TPSA) is 49.4 Å². The second-order valence-corrected chi connectivity index (χ2v) is 3.44. The maximum Gasteiger partial charge on any atom is 1.00 e. The Labute approximate surface area is 84.5 Å². The molecule has 0 aliphatic carbocycles. The van der Waals surface area contributed by atoms with E-state index in [0.717, 1.165) is 19.3 Å². The van der Waals surface area contributed by atoms with E-state index in [4.69, 9.17) is 0 Å². The molecule has 0 amide bonds. The van der Waals surface area contributed by atoms with Gasteiger partial charge in [-0.1, -0.05) is 26.2 Å². The first kappa shape index (κ1) is 15.2.